The summed E-state index contributed by atoms with van der Waals surface area (Å²) in [6, 6.07) is 8.13. The van der Waals surface area contributed by atoms with Gasteiger partial charge in [0, 0.05) is 12.1 Å². The molecular formula is C26H34N4O5. The van der Waals surface area contributed by atoms with E-state index in [1.807, 2.05) is 19.1 Å². The first kappa shape index (κ1) is 24.8. The number of amides is 1. The smallest absolute Gasteiger partial charge is 0.322 e. The molecule has 2 aliphatic rings. The van der Waals surface area contributed by atoms with Crippen molar-refractivity contribution in [3.63, 3.8) is 0 Å². The molecule has 188 valence electrons. The summed E-state index contributed by atoms with van der Waals surface area (Å²) >= 11 is 0. The van der Waals surface area contributed by atoms with Gasteiger partial charge in [-0.05, 0) is 68.6 Å². The average Bonchev–Trinajstić information content (AvgIpc) is 2.98. The van der Waals surface area contributed by atoms with Crippen molar-refractivity contribution in [3.8, 4) is 11.9 Å². The maximum atomic E-state index is 13.4. The summed E-state index contributed by atoms with van der Waals surface area (Å²) in [4.78, 5) is 34.5. The zero-order chi connectivity index (χ0) is 24.9. The van der Waals surface area contributed by atoms with E-state index in [2.05, 4.69) is 29.0 Å². The summed E-state index contributed by atoms with van der Waals surface area (Å²) in [5.41, 5.74) is 8.28. The summed E-state index contributed by atoms with van der Waals surface area (Å²) < 4.78 is 11.5. The van der Waals surface area contributed by atoms with E-state index in [9.17, 15) is 9.59 Å². The van der Waals surface area contributed by atoms with Crippen LogP contribution in [0.15, 0.2) is 24.3 Å². The van der Waals surface area contributed by atoms with Crippen molar-refractivity contribution < 1.29 is 24.2 Å². The van der Waals surface area contributed by atoms with Crippen molar-refractivity contribution in [1.82, 2.24) is 9.97 Å². The molecule has 1 atom stereocenters. The van der Waals surface area contributed by atoms with Gasteiger partial charge >= 0.3 is 12.0 Å². The number of carbonyl (C=O) groups is 2. The SMILES string of the molecule is CCCC(C)Oc1nc(N)c2c(n1)OCCN(c1ccc(C3CCC(CC(=O)O)CC3)cc1)C2=O. The Morgan fingerprint density at radius 3 is 2.60 bits per heavy atom. The minimum Gasteiger partial charge on any atom is -0.481 e. The highest BCUT2D eigenvalue weighted by molar-refractivity contribution is 6.10. The number of carboxylic acid groups (broad SMARTS) is 1. The van der Waals surface area contributed by atoms with Crippen molar-refractivity contribution in [3.05, 3.63) is 35.4 Å². The maximum Gasteiger partial charge on any atom is 0.322 e. The van der Waals surface area contributed by atoms with Gasteiger partial charge in [-0.25, -0.2) is 0 Å². The molecule has 2 heterocycles. The van der Waals surface area contributed by atoms with E-state index in [1.54, 1.807) is 4.90 Å². The molecule has 0 spiro atoms. The molecule has 1 unspecified atom stereocenters. The van der Waals surface area contributed by atoms with Gasteiger partial charge in [-0.1, -0.05) is 25.5 Å². The first-order valence-electron chi connectivity index (χ1n) is 12.5. The van der Waals surface area contributed by atoms with E-state index in [0.717, 1.165) is 44.2 Å². The van der Waals surface area contributed by atoms with Crippen LogP contribution in [0.4, 0.5) is 11.5 Å². The van der Waals surface area contributed by atoms with Crippen LogP contribution in [-0.2, 0) is 4.79 Å². The van der Waals surface area contributed by atoms with Crippen LogP contribution in [0, 0.1) is 5.92 Å². The topological polar surface area (TPSA) is 128 Å². The molecule has 0 radical (unpaired) electrons. The number of aromatic nitrogens is 2. The number of nitrogens with zero attached hydrogens (tertiary/aromatic N) is 3. The molecule has 1 saturated carbocycles. The number of rotatable bonds is 8. The van der Waals surface area contributed by atoms with Gasteiger partial charge in [-0.15, -0.1) is 0 Å². The number of nitrogen functional groups attached to an aromatic ring is 1. The Morgan fingerprint density at radius 2 is 1.94 bits per heavy atom. The van der Waals surface area contributed by atoms with Crippen LogP contribution in [0.5, 0.6) is 11.9 Å². The second kappa shape index (κ2) is 10.9. The van der Waals surface area contributed by atoms with E-state index in [4.69, 9.17) is 20.3 Å². The fourth-order valence-electron chi connectivity index (χ4n) is 5.03. The minimum absolute atomic E-state index is 0.0420. The minimum atomic E-state index is -0.716. The Hall–Kier alpha value is -3.36. The van der Waals surface area contributed by atoms with Crippen LogP contribution in [0.25, 0.3) is 0 Å². The Morgan fingerprint density at radius 1 is 1.23 bits per heavy atom. The number of anilines is 2. The monoisotopic (exact) mass is 482 g/mol. The third kappa shape index (κ3) is 5.83. The molecule has 9 heteroatoms. The zero-order valence-corrected chi connectivity index (χ0v) is 20.4. The molecule has 1 aliphatic carbocycles. The number of hydrogen-bond acceptors (Lipinski definition) is 7. The number of ether oxygens (including phenoxy) is 2. The third-order valence-corrected chi connectivity index (χ3v) is 6.88. The number of benzene rings is 1. The molecular weight excluding hydrogens is 448 g/mol. The second-order valence-corrected chi connectivity index (χ2v) is 9.50. The Bertz CT molecular complexity index is 1050. The van der Waals surface area contributed by atoms with Gasteiger partial charge in [0.15, 0.2) is 0 Å². The summed E-state index contributed by atoms with van der Waals surface area (Å²) in [6.07, 6.45) is 5.83. The Labute approximate surface area is 205 Å². The zero-order valence-electron chi connectivity index (χ0n) is 20.4. The molecule has 4 rings (SSSR count). The lowest BCUT2D eigenvalue weighted by molar-refractivity contribution is -0.138. The summed E-state index contributed by atoms with van der Waals surface area (Å²) in [5, 5.41) is 9.03. The van der Waals surface area contributed by atoms with Crippen LogP contribution in [0.1, 0.15) is 80.6 Å². The lowest BCUT2D eigenvalue weighted by atomic mass is 9.77. The molecule has 1 aromatic carbocycles. The van der Waals surface area contributed by atoms with E-state index in [1.165, 1.54) is 5.56 Å². The lowest BCUT2D eigenvalue weighted by Gasteiger charge is -2.28. The molecule has 35 heavy (non-hydrogen) atoms. The number of carboxylic acids is 1. The molecule has 2 aromatic rings. The van der Waals surface area contributed by atoms with E-state index in [0.29, 0.717) is 12.5 Å². The molecule has 1 aromatic heterocycles. The molecule has 1 fully saturated rings. The molecule has 0 saturated heterocycles. The highest BCUT2D eigenvalue weighted by Gasteiger charge is 2.31. The number of fused-ring (bicyclic) bond motifs is 1. The highest BCUT2D eigenvalue weighted by Crippen LogP contribution is 2.38. The van der Waals surface area contributed by atoms with Crippen molar-refractivity contribution in [2.75, 3.05) is 23.8 Å². The lowest BCUT2D eigenvalue weighted by Crippen LogP contribution is -2.32. The molecule has 9 nitrogen and oxygen atoms in total. The van der Waals surface area contributed by atoms with Gasteiger partial charge in [0.05, 0.1) is 12.6 Å². The van der Waals surface area contributed by atoms with Gasteiger partial charge < -0.3 is 25.2 Å². The van der Waals surface area contributed by atoms with Crippen LogP contribution < -0.4 is 20.1 Å². The number of aliphatic carboxylic acids is 1. The molecule has 1 aliphatic heterocycles. The van der Waals surface area contributed by atoms with Crippen molar-refractivity contribution in [2.24, 2.45) is 5.92 Å². The maximum absolute atomic E-state index is 13.4. The second-order valence-electron chi connectivity index (χ2n) is 9.50. The van der Waals surface area contributed by atoms with Gasteiger partial charge in [0.1, 0.15) is 18.0 Å². The predicted molar refractivity (Wildman–Crippen MR) is 132 cm³/mol. The number of carbonyl (C=O) groups excluding carboxylic acids is 1. The van der Waals surface area contributed by atoms with E-state index in [-0.39, 0.29) is 54.2 Å². The largest absolute Gasteiger partial charge is 0.481 e. The fourth-order valence-corrected chi connectivity index (χ4v) is 5.03. The Balaban J connectivity index is 1.47. The van der Waals surface area contributed by atoms with Gasteiger partial charge in [-0.3, -0.25) is 9.59 Å². The fraction of sp³-hybridized carbons (Fsp3) is 0.538. The molecule has 1 amide bonds. The third-order valence-electron chi connectivity index (χ3n) is 6.88. The first-order chi connectivity index (χ1) is 16.9. The first-order valence-corrected chi connectivity index (χ1v) is 12.5. The number of hydrogen-bond donors (Lipinski definition) is 2. The van der Waals surface area contributed by atoms with Crippen molar-refractivity contribution in [2.45, 2.75) is 70.8 Å². The summed E-state index contributed by atoms with van der Waals surface area (Å²) in [5.74, 6) is -0.142. The quantitative estimate of drug-likeness (QED) is 0.566. The highest BCUT2D eigenvalue weighted by atomic mass is 16.5. The van der Waals surface area contributed by atoms with Gasteiger partial charge in [0.2, 0.25) is 5.88 Å². The van der Waals surface area contributed by atoms with Crippen LogP contribution in [-0.4, -0.2) is 46.2 Å². The van der Waals surface area contributed by atoms with Gasteiger partial charge in [0.25, 0.3) is 5.91 Å². The van der Waals surface area contributed by atoms with Crippen LogP contribution in [0.3, 0.4) is 0 Å². The standard InChI is InChI=1S/C26H34N4O5/c1-3-4-16(2)35-26-28-23(27)22-24(29-26)34-14-13-30(25(22)33)20-11-9-19(10-12-20)18-7-5-17(6-8-18)15-21(31)32/h9-12,16-18H,3-8,13-15H2,1-2H3,(H,31,32)(H2,27,28,29). The molecule has 3 N–H and O–H groups in total. The van der Waals surface area contributed by atoms with Crippen molar-refractivity contribution in [1.29, 1.82) is 0 Å². The summed E-state index contributed by atoms with van der Waals surface area (Å²) in [7, 11) is 0. The molecule has 0 bridgehead atoms. The van der Waals surface area contributed by atoms with Crippen LogP contribution >= 0.6 is 0 Å². The number of nitrogens with two attached hydrogens (primary N) is 1. The van der Waals surface area contributed by atoms with Gasteiger partial charge in [-0.2, -0.15) is 9.97 Å². The summed E-state index contributed by atoms with van der Waals surface area (Å²) in [6.45, 7) is 4.64. The normalized spacial score (nSPS) is 21.0. The van der Waals surface area contributed by atoms with Crippen molar-refractivity contribution >= 4 is 23.4 Å². The van der Waals surface area contributed by atoms with E-state index >= 15 is 0 Å². The predicted octanol–water partition coefficient (Wildman–Crippen LogP) is 4.41. The van der Waals surface area contributed by atoms with E-state index < -0.39 is 5.97 Å². The average molecular weight is 483 g/mol. The Kier molecular flexibility index (Phi) is 7.73. The van der Waals surface area contributed by atoms with Crippen LogP contribution in [0.2, 0.25) is 0 Å².